The molecule has 1 aromatic carbocycles. The standard InChI is InChI=1S/C12H14BrN3O/c13-10-1-3-11(4-2-10)15-8-14-16(9-15)12-5-6-17-7-12/h1-4,8,12H,5-7,9H2/t12-/m1/s1. The topological polar surface area (TPSA) is 28.1 Å². The number of halogens is 1. The summed E-state index contributed by atoms with van der Waals surface area (Å²) in [6, 6.07) is 8.71. The molecule has 0 N–H and O–H groups in total. The summed E-state index contributed by atoms with van der Waals surface area (Å²) in [6.45, 7) is 2.47. The van der Waals surface area contributed by atoms with Gasteiger partial charge in [-0.1, -0.05) is 15.9 Å². The third kappa shape index (κ3) is 2.30. The maximum absolute atomic E-state index is 5.39. The van der Waals surface area contributed by atoms with E-state index in [1.807, 2.05) is 18.5 Å². The molecule has 1 saturated heterocycles. The first-order valence-corrected chi connectivity index (χ1v) is 6.53. The Labute approximate surface area is 109 Å². The molecule has 0 spiro atoms. The first kappa shape index (κ1) is 11.0. The maximum Gasteiger partial charge on any atom is 0.117 e. The quantitative estimate of drug-likeness (QED) is 0.838. The van der Waals surface area contributed by atoms with E-state index in [2.05, 4.69) is 43.1 Å². The second kappa shape index (κ2) is 4.66. The molecule has 0 aliphatic carbocycles. The van der Waals surface area contributed by atoms with Crippen LogP contribution in [-0.2, 0) is 4.74 Å². The van der Waals surface area contributed by atoms with E-state index in [-0.39, 0.29) is 0 Å². The molecule has 5 heteroatoms. The fourth-order valence-electron chi connectivity index (χ4n) is 2.11. The molecule has 2 aliphatic rings. The molecule has 4 nitrogen and oxygen atoms in total. The Morgan fingerprint density at radius 2 is 2.12 bits per heavy atom. The van der Waals surface area contributed by atoms with Gasteiger partial charge in [-0.05, 0) is 30.7 Å². The van der Waals surface area contributed by atoms with E-state index >= 15 is 0 Å². The van der Waals surface area contributed by atoms with Crippen LogP contribution in [0.25, 0.3) is 0 Å². The highest BCUT2D eigenvalue weighted by Gasteiger charge is 2.26. The summed E-state index contributed by atoms with van der Waals surface area (Å²) >= 11 is 3.44. The second-order valence-corrected chi connectivity index (χ2v) is 5.19. The fraction of sp³-hybridized carbons (Fsp3) is 0.417. The van der Waals surface area contributed by atoms with E-state index in [1.54, 1.807) is 0 Å². The second-order valence-electron chi connectivity index (χ2n) is 4.28. The van der Waals surface area contributed by atoms with Gasteiger partial charge >= 0.3 is 0 Å². The fourth-order valence-corrected chi connectivity index (χ4v) is 2.37. The first-order chi connectivity index (χ1) is 8.33. The first-order valence-electron chi connectivity index (χ1n) is 5.73. The van der Waals surface area contributed by atoms with Crippen LogP contribution in [0.15, 0.2) is 33.8 Å². The van der Waals surface area contributed by atoms with E-state index in [0.29, 0.717) is 6.04 Å². The summed E-state index contributed by atoms with van der Waals surface area (Å²) in [5, 5.41) is 6.55. The lowest BCUT2D eigenvalue weighted by atomic mass is 10.2. The van der Waals surface area contributed by atoms with Gasteiger partial charge < -0.3 is 9.64 Å². The number of hydrogen-bond acceptors (Lipinski definition) is 4. The maximum atomic E-state index is 5.39. The van der Waals surface area contributed by atoms with Gasteiger partial charge in [-0.25, -0.2) is 0 Å². The van der Waals surface area contributed by atoms with Crippen LogP contribution in [0, 0.1) is 0 Å². The lowest BCUT2D eigenvalue weighted by Crippen LogP contribution is -2.34. The molecule has 1 atom stereocenters. The van der Waals surface area contributed by atoms with Crippen LogP contribution in [-0.4, -0.2) is 37.3 Å². The van der Waals surface area contributed by atoms with Crippen molar-refractivity contribution in [2.75, 3.05) is 24.8 Å². The van der Waals surface area contributed by atoms with Crippen molar-refractivity contribution < 1.29 is 4.74 Å². The zero-order valence-corrected chi connectivity index (χ0v) is 11.0. The number of rotatable bonds is 2. The van der Waals surface area contributed by atoms with Crippen molar-refractivity contribution in [3.63, 3.8) is 0 Å². The van der Waals surface area contributed by atoms with Crippen molar-refractivity contribution in [2.45, 2.75) is 12.5 Å². The van der Waals surface area contributed by atoms with Crippen LogP contribution >= 0.6 is 15.9 Å². The third-order valence-electron chi connectivity index (χ3n) is 3.12. The third-order valence-corrected chi connectivity index (χ3v) is 3.65. The van der Waals surface area contributed by atoms with Crippen molar-refractivity contribution in [3.05, 3.63) is 28.7 Å². The summed E-state index contributed by atoms with van der Waals surface area (Å²) < 4.78 is 6.48. The van der Waals surface area contributed by atoms with Gasteiger partial charge in [0.05, 0.1) is 12.6 Å². The highest BCUT2D eigenvalue weighted by atomic mass is 79.9. The van der Waals surface area contributed by atoms with Crippen LogP contribution in [0.1, 0.15) is 6.42 Å². The molecular formula is C12H14BrN3O. The lowest BCUT2D eigenvalue weighted by molar-refractivity contribution is 0.154. The van der Waals surface area contributed by atoms with Crippen LogP contribution in [0.5, 0.6) is 0 Å². The van der Waals surface area contributed by atoms with Crippen LogP contribution in [0.3, 0.4) is 0 Å². The van der Waals surface area contributed by atoms with Crippen LogP contribution in [0.2, 0.25) is 0 Å². The van der Waals surface area contributed by atoms with Gasteiger partial charge in [0.25, 0.3) is 0 Å². The summed E-state index contributed by atoms with van der Waals surface area (Å²) in [5.41, 5.74) is 1.17. The summed E-state index contributed by atoms with van der Waals surface area (Å²) in [6.07, 6.45) is 2.97. The molecule has 0 aromatic heterocycles. The molecule has 0 bridgehead atoms. The number of benzene rings is 1. The van der Waals surface area contributed by atoms with Crippen molar-refractivity contribution in [2.24, 2.45) is 5.10 Å². The van der Waals surface area contributed by atoms with Crippen LogP contribution < -0.4 is 4.90 Å². The number of hydrazone groups is 1. The van der Waals surface area contributed by atoms with Gasteiger partial charge in [-0.15, -0.1) is 0 Å². The van der Waals surface area contributed by atoms with E-state index in [4.69, 9.17) is 4.74 Å². The van der Waals surface area contributed by atoms with E-state index in [0.717, 1.165) is 30.8 Å². The highest BCUT2D eigenvalue weighted by molar-refractivity contribution is 9.10. The predicted octanol–water partition coefficient (Wildman–Crippen LogP) is 2.26. The highest BCUT2D eigenvalue weighted by Crippen LogP contribution is 2.22. The zero-order valence-electron chi connectivity index (χ0n) is 9.42. The monoisotopic (exact) mass is 295 g/mol. The molecule has 0 amide bonds. The molecule has 1 aromatic rings. The smallest absolute Gasteiger partial charge is 0.117 e. The zero-order chi connectivity index (χ0) is 11.7. The Morgan fingerprint density at radius 1 is 1.29 bits per heavy atom. The lowest BCUT2D eigenvalue weighted by Gasteiger charge is -2.23. The summed E-state index contributed by atoms with van der Waals surface area (Å²) in [5.74, 6) is 0. The molecule has 17 heavy (non-hydrogen) atoms. The van der Waals surface area contributed by atoms with Crippen molar-refractivity contribution in [1.82, 2.24) is 5.01 Å². The minimum Gasteiger partial charge on any atom is -0.379 e. The minimum absolute atomic E-state index is 0.437. The van der Waals surface area contributed by atoms with Gasteiger partial charge in [0.15, 0.2) is 0 Å². The number of hydrogen-bond donors (Lipinski definition) is 0. The van der Waals surface area contributed by atoms with E-state index in [9.17, 15) is 0 Å². The Kier molecular flexibility index (Phi) is 3.03. The Balaban J connectivity index is 1.68. The normalized spacial score (nSPS) is 23.7. The number of nitrogens with zero attached hydrogens (tertiary/aromatic N) is 3. The van der Waals surface area contributed by atoms with Gasteiger partial charge in [-0.3, -0.25) is 5.01 Å². The molecule has 1 fully saturated rings. The number of anilines is 1. The van der Waals surface area contributed by atoms with Crippen molar-refractivity contribution in [1.29, 1.82) is 0 Å². The van der Waals surface area contributed by atoms with Gasteiger partial charge in [0.1, 0.15) is 13.0 Å². The molecule has 3 rings (SSSR count). The van der Waals surface area contributed by atoms with Gasteiger partial charge in [0, 0.05) is 16.8 Å². The molecule has 0 radical (unpaired) electrons. The molecule has 90 valence electrons. The average Bonchev–Trinajstić information content (AvgIpc) is 3.00. The molecule has 2 heterocycles. The van der Waals surface area contributed by atoms with E-state index < -0.39 is 0 Å². The predicted molar refractivity (Wildman–Crippen MR) is 71.0 cm³/mol. The molecule has 0 saturated carbocycles. The van der Waals surface area contributed by atoms with Crippen molar-refractivity contribution in [3.8, 4) is 0 Å². The summed E-state index contributed by atoms with van der Waals surface area (Å²) in [7, 11) is 0. The minimum atomic E-state index is 0.437. The molecule has 0 unspecified atom stereocenters. The largest absolute Gasteiger partial charge is 0.379 e. The van der Waals surface area contributed by atoms with Crippen LogP contribution in [0.4, 0.5) is 5.69 Å². The van der Waals surface area contributed by atoms with E-state index in [1.165, 1.54) is 5.69 Å². The Bertz CT molecular complexity index is 414. The molecular weight excluding hydrogens is 282 g/mol. The van der Waals surface area contributed by atoms with Crippen molar-refractivity contribution >= 4 is 28.0 Å². The van der Waals surface area contributed by atoms with Gasteiger partial charge in [-0.2, -0.15) is 5.10 Å². The SMILES string of the molecule is Brc1ccc(N2C=NN([C@@H]3CCOC3)C2)cc1. The average molecular weight is 296 g/mol. The molecule has 2 aliphatic heterocycles. The summed E-state index contributed by atoms with van der Waals surface area (Å²) in [4.78, 5) is 2.14. The Hall–Kier alpha value is -1.07. The van der Waals surface area contributed by atoms with Gasteiger partial charge in [0.2, 0.25) is 0 Å². The number of ether oxygens (including phenoxy) is 1. The Morgan fingerprint density at radius 3 is 2.82 bits per heavy atom.